The van der Waals surface area contributed by atoms with Crippen LogP contribution in [0.5, 0.6) is 0 Å². The van der Waals surface area contributed by atoms with E-state index in [-0.39, 0.29) is 0 Å². The van der Waals surface area contributed by atoms with Gasteiger partial charge in [-0.15, -0.1) is 0 Å². The fourth-order valence-electron chi connectivity index (χ4n) is 3.82. The zero-order chi connectivity index (χ0) is 15.2. The van der Waals surface area contributed by atoms with Gasteiger partial charge in [0, 0.05) is 0 Å². The van der Waals surface area contributed by atoms with Gasteiger partial charge in [-0.3, -0.25) is 0 Å². The summed E-state index contributed by atoms with van der Waals surface area (Å²) in [4.78, 5) is 0. The van der Waals surface area contributed by atoms with Crippen LogP contribution in [0, 0.1) is 11.8 Å². The minimum atomic E-state index is 0.923. The van der Waals surface area contributed by atoms with Crippen molar-refractivity contribution in [3.63, 3.8) is 0 Å². The first-order chi connectivity index (χ1) is 10.4. The third-order valence-electron chi connectivity index (χ3n) is 5.25. The van der Waals surface area contributed by atoms with E-state index in [1.54, 1.807) is 0 Å². The zero-order valence-electron chi connectivity index (χ0n) is 14.9. The first-order valence-corrected chi connectivity index (χ1v) is 10.0. The van der Waals surface area contributed by atoms with Crippen LogP contribution in [0.25, 0.3) is 0 Å². The van der Waals surface area contributed by atoms with Gasteiger partial charge < -0.3 is 0 Å². The molecule has 1 aliphatic carbocycles. The monoisotopic (exact) mass is 292 g/mol. The summed E-state index contributed by atoms with van der Waals surface area (Å²) in [6, 6.07) is 0. The second-order valence-corrected chi connectivity index (χ2v) is 7.19. The highest BCUT2D eigenvalue weighted by molar-refractivity contribution is 4.94. The van der Waals surface area contributed by atoms with Gasteiger partial charge in [-0.1, -0.05) is 90.2 Å². The highest BCUT2D eigenvalue weighted by atomic mass is 14.3. The van der Waals surface area contributed by atoms with Crippen molar-refractivity contribution in [2.45, 2.75) is 110 Å². The van der Waals surface area contributed by atoms with Crippen LogP contribution in [-0.2, 0) is 0 Å². The van der Waals surface area contributed by atoms with E-state index < -0.39 is 0 Å². The predicted molar refractivity (Wildman–Crippen MR) is 96.7 cm³/mol. The van der Waals surface area contributed by atoms with Gasteiger partial charge in [0.05, 0.1) is 0 Å². The Balaban J connectivity index is 2.06. The minimum absolute atomic E-state index is 0.923. The Morgan fingerprint density at radius 3 is 2.14 bits per heavy atom. The van der Waals surface area contributed by atoms with Crippen molar-refractivity contribution in [1.29, 1.82) is 0 Å². The molecule has 1 fully saturated rings. The van der Waals surface area contributed by atoms with E-state index in [1.807, 2.05) is 0 Å². The van der Waals surface area contributed by atoms with E-state index in [0.29, 0.717) is 0 Å². The van der Waals surface area contributed by atoms with Gasteiger partial charge in [0.15, 0.2) is 0 Å². The topological polar surface area (TPSA) is 0 Å². The Kier molecular flexibility index (Phi) is 12.0. The van der Waals surface area contributed by atoms with Crippen molar-refractivity contribution >= 4 is 0 Å². The number of unbranched alkanes of at least 4 members (excludes halogenated alkanes) is 9. The zero-order valence-corrected chi connectivity index (χ0v) is 14.9. The fourth-order valence-corrected chi connectivity index (χ4v) is 3.82. The molecule has 2 atom stereocenters. The molecule has 124 valence electrons. The third kappa shape index (κ3) is 9.38. The molecule has 0 saturated heterocycles. The molecule has 0 amide bonds. The van der Waals surface area contributed by atoms with E-state index in [1.165, 1.54) is 96.3 Å². The molecule has 21 heavy (non-hydrogen) atoms. The average molecular weight is 293 g/mol. The summed E-state index contributed by atoms with van der Waals surface area (Å²) in [6.07, 6.45) is 26.6. The van der Waals surface area contributed by atoms with Crippen LogP contribution in [0.15, 0.2) is 12.2 Å². The van der Waals surface area contributed by atoms with Gasteiger partial charge in [-0.25, -0.2) is 0 Å². The molecular formula is C21H40. The Labute approximate surface area is 134 Å². The summed E-state index contributed by atoms with van der Waals surface area (Å²) >= 11 is 0. The molecule has 0 radical (unpaired) electrons. The van der Waals surface area contributed by atoms with Crippen molar-refractivity contribution < 1.29 is 0 Å². The molecule has 0 bridgehead atoms. The van der Waals surface area contributed by atoms with Crippen LogP contribution in [0.1, 0.15) is 110 Å². The molecular weight excluding hydrogens is 252 g/mol. The molecule has 0 heterocycles. The van der Waals surface area contributed by atoms with Crippen molar-refractivity contribution in [2.75, 3.05) is 0 Å². The van der Waals surface area contributed by atoms with Crippen molar-refractivity contribution in [2.24, 2.45) is 11.8 Å². The van der Waals surface area contributed by atoms with Gasteiger partial charge in [0.25, 0.3) is 0 Å². The Hall–Kier alpha value is -0.260. The van der Waals surface area contributed by atoms with Gasteiger partial charge in [0.1, 0.15) is 0 Å². The molecule has 0 heteroatoms. The highest BCUT2D eigenvalue weighted by Gasteiger charge is 2.24. The maximum absolute atomic E-state index is 2.59. The smallest absolute Gasteiger partial charge is 0.0205 e. The number of hydrogen-bond acceptors (Lipinski definition) is 0. The maximum Gasteiger partial charge on any atom is -0.0205 e. The maximum atomic E-state index is 2.59. The molecule has 0 aromatic carbocycles. The third-order valence-corrected chi connectivity index (χ3v) is 5.25. The lowest BCUT2D eigenvalue weighted by molar-refractivity contribution is 0.402. The average Bonchev–Trinajstić information content (AvgIpc) is 2.94. The lowest BCUT2D eigenvalue weighted by Crippen LogP contribution is -2.05. The first-order valence-electron chi connectivity index (χ1n) is 10.0. The number of hydrogen-bond donors (Lipinski definition) is 0. The second kappa shape index (κ2) is 13.4. The molecule has 0 N–H and O–H groups in total. The molecule has 1 aliphatic rings. The Morgan fingerprint density at radius 1 is 0.762 bits per heavy atom. The van der Waals surface area contributed by atoms with E-state index in [9.17, 15) is 0 Å². The van der Waals surface area contributed by atoms with Crippen LogP contribution < -0.4 is 0 Å². The van der Waals surface area contributed by atoms with Gasteiger partial charge >= 0.3 is 0 Å². The largest absolute Gasteiger partial charge is 0.0882 e. The summed E-state index contributed by atoms with van der Waals surface area (Å²) in [5, 5.41) is 0. The summed E-state index contributed by atoms with van der Waals surface area (Å²) in [7, 11) is 0. The summed E-state index contributed by atoms with van der Waals surface area (Å²) in [5.41, 5.74) is 0. The summed E-state index contributed by atoms with van der Waals surface area (Å²) in [5.74, 6) is 1.94. The Morgan fingerprint density at radius 2 is 1.43 bits per heavy atom. The van der Waals surface area contributed by atoms with Crippen LogP contribution in [0.4, 0.5) is 0 Å². The SMILES string of the molecule is CCCCCCCC=C[C@H]1CCC[C@@H]1CCCCCCC. The molecule has 0 nitrogen and oxygen atoms in total. The number of allylic oxidation sites excluding steroid dienone is 2. The van der Waals surface area contributed by atoms with Crippen LogP contribution in [-0.4, -0.2) is 0 Å². The van der Waals surface area contributed by atoms with Crippen LogP contribution in [0.2, 0.25) is 0 Å². The quantitative estimate of drug-likeness (QED) is 0.241. The molecule has 0 aliphatic heterocycles. The minimum Gasteiger partial charge on any atom is -0.0882 e. The van der Waals surface area contributed by atoms with Crippen LogP contribution in [0.3, 0.4) is 0 Å². The van der Waals surface area contributed by atoms with Gasteiger partial charge in [-0.05, 0) is 43.9 Å². The first kappa shape index (κ1) is 18.8. The molecule has 1 rings (SSSR count). The van der Waals surface area contributed by atoms with Gasteiger partial charge in [-0.2, -0.15) is 0 Å². The molecule has 0 aromatic rings. The van der Waals surface area contributed by atoms with E-state index in [0.717, 1.165) is 11.8 Å². The van der Waals surface area contributed by atoms with Crippen molar-refractivity contribution in [1.82, 2.24) is 0 Å². The summed E-state index contributed by atoms with van der Waals surface area (Å²) < 4.78 is 0. The molecule has 0 aromatic heterocycles. The molecule has 0 spiro atoms. The van der Waals surface area contributed by atoms with Crippen molar-refractivity contribution in [3.05, 3.63) is 12.2 Å². The standard InChI is InChI=1S/C21H40/c1-3-5-7-9-10-12-14-17-21-19-15-18-20(21)16-13-11-8-6-4-2/h14,17,20-21H,3-13,15-16,18-19H2,1-2H3/t20-,21-/m0/s1. The van der Waals surface area contributed by atoms with E-state index >= 15 is 0 Å². The Bertz CT molecular complexity index is 240. The van der Waals surface area contributed by atoms with E-state index in [2.05, 4.69) is 26.0 Å². The lowest BCUT2D eigenvalue weighted by atomic mass is 9.90. The lowest BCUT2D eigenvalue weighted by Gasteiger charge is -2.16. The normalized spacial score (nSPS) is 22.4. The van der Waals surface area contributed by atoms with Crippen LogP contribution >= 0.6 is 0 Å². The second-order valence-electron chi connectivity index (χ2n) is 7.19. The van der Waals surface area contributed by atoms with Gasteiger partial charge in [0.2, 0.25) is 0 Å². The van der Waals surface area contributed by atoms with E-state index in [4.69, 9.17) is 0 Å². The molecule has 1 saturated carbocycles. The number of rotatable bonds is 13. The predicted octanol–water partition coefficient (Wildman–Crippen LogP) is 7.68. The fraction of sp³-hybridized carbons (Fsp3) is 0.905. The highest BCUT2D eigenvalue weighted by Crippen LogP contribution is 2.36. The van der Waals surface area contributed by atoms with Crippen molar-refractivity contribution in [3.8, 4) is 0 Å². The molecule has 0 unspecified atom stereocenters. The summed E-state index contributed by atoms with van der Waals surface area (Å²) in [6.45, 7) is 4.60.